The lowest BCUT2D eigenvalue weighted by atomic mass is 10.0. The Labute approximate surface area is 191 Å². The van der Waals surface area contributed by atoms with Crippen LogP contribution in [0.5, 0.6) is 0 Å². The summed E-state index contributed by atoms with van der Waals surface area (Å²) >= 11 is 0. The van der Waals surface area contributed by atoms with Gasteiger partial charge in [-0.2, -0.15) is 0 Å². The third kappa shape index (κ3) is 12.0. The van der Waals surface area contributed by atoms with E-state index in [9.17, 15) is 0 Å². The zero-order chi connectivity index (χ0) is 23.5. The molecular weight excluding hydrogens is 382 g/mol. The van der Waals surface area contributed by atoms with E-state index in [0.29, 0.717) is 12.6 Å². The molecule has 0 aromatic carbocycles. The molecule has 0 saturated heterocycles. The molecule has 0 saturated carbocycles. The fourth-order valence-corrected chi connectivity index (χ4v) is 2.93. The van der Waals surface area contributed by atoms with Crippen molar-refractivity contribution in [1.82, 2.24) is 5.32 Å². The largest absolute Gasteiger partial charge is 0.497 e. The van der Waals surface area contributed by atoms with Gasteiger partial charge in [0, 0.05) is 18.2 Å². The molecule has 0 aliphatic heterocycles. The molecule has 0 unspecified atom stereocenters. The van der Waals surface area contributed by atoms with Gasteiger partial charge in [0.1, 0.15) is 11.5 Å². The molecule has 0 fully saturated rings. The van der Waals surface area contributed by atoms with Crippen LogP contribution in [0, 0.1) is 0 Å². The second kappa shape index (κ2) is 18.3. The van der Waals surface area contributed by atoms with Crippen molar-refractivity contribution >= 4 is 0 Å². The van der Waals surface area contributed by atoms with Crippen molar-refractivity contribution in [3.05, 3.63) is 95.1 Å². The van der Waals surface area contributed by atoms with Crippen molar-refractivity contribution in [2.75, 3.05) is 20.3 Å². The Morgan fingerprint density at radius 1 is 0.935 bits per heavy atom. The average Bonchev–Trinajstić information content (AvgIpc) is 2.76. The third-order valence-electron chi connectivity index (χ3n) is 4.72. The van der Waals surface area contributed by atoms with Gasteiger partial charge < -0.3 is 14.8 Å². The first-order valence-corrected chi connectivity index (χ1v) is 11.2. The molecule has 0 bridgehead atoms. The zero-order valence-electron chi connectivity index (χ0n) is 20.9. The van der Waals surface area contributed by atoms with Crippen molar-refractivity contribution < 1.29 is 9.47 Å². The monoisotopic (exact) mass is 425 g/mol. The van der Waals surface area contributed by atoms with Crippen LogP contribution in [-0.2, 0) is 9.47 Å². The van der Waals surface area contributed by atoms with Crippen LogP contribution in [0.4, 0.5) is 0 Å². The quantitative estimate of drug-likeness (QED) is 0.179. The first-order valence-electron chi connectivity index (χ1n) is 11.2. The number of rotatable bonds is 14. The second-order valence-corrected chi connectivity index (χ2v) is 7.00. The highest BCUT2D eigenvalue weighted by molar-refractivity contribution is 5.46. The molecule has 1 N–H and O–H groups in total. The van der Waals surface area contributed by atoms with Gasteiger partial charge in [0.05, 0.1) is 13.7 Å². The highest BCUT2D eigenvalue weighted by Crippen LogP contribution is 2.20. The Morgan fingerprint density at radius 3 is 2.19 bits per heavy atom. The summed E-state index contributed by atoms with van der Waals surface area (Å²) in [6.07, 6.45) is 23.7. The maximum Gasteiger partial charge on any atom is 0.126 e. The van der Waals surface area contributed by atoms with E-state index >= 15 is 0 Å². The lowest BCUT2D eigenvalue weighted by Crippen LogP contribution is -2.27. The molecule has 0 aromatic heterocycles. The van der Waals surface area contributed by atoms with E-state index in [1.807, 2.05) is 51.2 Å². The summed E-state index contributed by atoms with van der Waals surface area (Å²) in [5.41, 5.74) is 3.55. The van der Waals surface area contributed by atoms with Crippen LogP contribution in [-0.4, -0.2) is 26.3 Å². The van der Waals surface area contributed by atoms with Crippen molar-refractivity contribution in [3.8, 4) is 0 Å². The molecule has 0 aliphatic rings. The van der Waals surface area contributed by atoms with Crippen molar-refractivity contribution in [1.29, 1.82) is 0 Å². The molecule has 0 aliphatic carbocycles. The number of allylic oxidation sites excluding steroid dienone is 12. The summed E-state index contributed by atoms with van der Waals surface area (Å²) in [4.78, 5) is 0. The molecule has 1 atom stereocenters. The van der Waals surface area contributed by atoms with Crippen LogP contribution in [0.25, 0.3) is 0 Å². The molecule has 31 heavy (non-hydrogen) atoms. The van der Waals surface area contributed by atoms with E-state index in [1.165, 1.54) is 5.57 Å². The minimum Gasteiger partial charge on any atom is -0.497 e. The second-order valence-electron chi connectivity index (χ2n) is 7.00. The number of nitrogens with one attached hydrogen (secondary N) is 1. The van der Waals surface area contributed by atoms with Crippen LogP contribution in [0.1, 0.15) is 54.9 Å². The Bertz CT molecular complexity index is 743. The minimum absolute atomic E-state index is 0.324. The topological polar surface area (TPSA) is 30.5 Å². The molecule has 3 nitrogen and oxygen atoms in total. The van der Waals surface area contributed by atoms with E-state index < -0.39 is 0 Å². The normalized spacial score (nSPS) is 16.1. The lowest BCUT2D eigenvalue weighted by molar-refractivity contribution is 0.240. The molecule has 0 amide bonds. The number of ether oxygens (including phenoxy) is 2. The standard InChI is InChI=1S/C28H43NO2/c1-9-14-18-25(12-4)24(7)29-22-15-19-27(28(17-11-3)31-13-5)23(6)20-21-26(30-8)16-10-2/h9-12,14-17,19-21,24,29H,13,18,22H2,1-8H3/b14-9-,16-10-,17-11-,19-15+,23-20+,25-12+,26-21+,28-27-/t24-/m1/s1. The van der Waals surface area contributed by atoms with E-state index in [4.69, 9.17) is 9.47 Å². The van der Waals surface area contributed by atoms with E-state index in [-0.39, 0.29) is 0 Å². The van der Waals surface area contributed by atoms with Gasteiger partial charge >= 0.3 is 0 Å². The van der Waals surface area contributed by atoms with Crippen molar-refractivity contribution in [2.24, 2.45) is 0 Å². The summed E-state index contributed by atoms with van der Waals surface area (Å²) in [5.74, 6) is 1.67. The maximum absolute atomic E-state index is 5.92. The first kappa shape index (κ1) is 28.5. The summed E-state index contributed by atoms with van der Waals surface area (Å²) in [6, 6.07) is 0.324. The first-order chi connectivity index (χ1) is 15.0. The van der Waals surface area contributed by atoms with Gasteiger partial charge in [-0.15, -0.1) is 0 Å². The maximum atomic E-state index is 5.92. The molecule has 0 radical (unpaired) electrons. The Hall–Kier alpha value is -2.52. The van der Waals surface area contributed by atoms with E-state index in [1.54, 1.807) is 7.11 Å². The van der Waals surface area contributed by atoms with Crippen LogP contribution in [0.3, 0.4) is 0 Å². The number of methoxy groups -OCH3 is 1. The third-order valence-corrected chi connectivity index (χ3v) is 4.72. The summed E-state index contributed by atoms with van der Waals surface area (Å²) in [5, 5.41) is 3.58. The molecule has 3 heteroatoms. The van der Waals surface area contributed by atoms with Gasteiger partial charge in [0.2, 0.25) is 0 Å². The van der Waals surface area contributed by atoms with Crippen LogP contribution in [0.15, 0.2) is 95.1 Å². The highest BCUT2D eigenvalue weighted by Gasteiger charge is 2.07. The van der Waals surface area contributed by atoms with Crippen molar-refractivity contribution in [2.45, 2.75) is 60.9 Å². The van der Waals surface area contributed by atoms with Gasteiger partial charge in [-0.25, -0.2) is 0 Å². The predicted molar refractivity (Wildman–Crippen MR) is 137 cm³/mol. The van der Waals surface area contributed by atoms with E-state index in [0.717, 1.165) is 35.6 Å². The molecule has 172 valence electrons. The summed E-state index contributed by atoms with van der Waals surface area (Å²) < 4.78 is 11.3. The molecule has 0 spiro atoms. The predicted octanol–water partition coefficient (Wildman–Crippen LogP) is 7.35. The van der Waals surface area contributed by atoms with Gasteiger partial charge in [-0.1, -0.05) is 54.2 Å². The van der Waals surface area contributed by atoms with Gasteiger partial charge in [-0.3, -0.25) is 0 Å². The smallest absolute Gasteiger partial charge is 0.126 e. The van der Waals surface area contributed by atoms with E-state index in [2.05, 4.69) is 69.5 Å². The highest BCUT2D eigenvalue weighted by atomic mass is 16.5. The van der Waals surface area contributed by atoms with Crippen molar-refractivity contribution in [3.63, 3.8) is 0 Å². The number of hydrogen-bond donors (Lipinski definition) is 1. The lowest BCUT2D eigenvalue weighted by Gasteiger charge is -2.16. The summed E-state index contributed by atoms with van der Waals surface area (Å²) in [7, 11) is 1.68. The Morgan fingerprint density at radius 2 is 1.65 bits per heavy atom. The van der Waals surface area contributed by atoms with Crippen LogP contribution in [0.2, 0.25) is 0 Å². The zero-order valence-corrected chi connectivity index (χ0v) is 20.9. The molecule has 0 heterocycles. The van der Waals surface area contributed by atoms with Crippen LogP contribution >= 0.6 is 0 Å². The minimum atomic E-state index is 0.324. The SMILES string of the molecule is C/C=C\C/C(=C\C)[C@@H](C)NC/C=C/C(=C(\C=C/C)OCC)C(/C)=C/C=C(\C=C/C)OC. The number of hydrogen-bond acceptors (Lipinski definition) is 3. The Balaban J connectivity index is 5.67. The molecular formula is C28H43NO2. The summed E-state index contributed by atoms with van der Waals surface area (Å²) in [6.45, 7) is 15.8. The molecule has 0 aromatic rings. The fourth-order valence-electron chi connectivity index (χ4n) is 2.93. The Kier molecular flexibility index (Phi) is 16.8. The molecule has 0 rings (SSSR count). The average molecular weight is 426 g/mol. The van der Waals surface area contributed by atoms with Gasteiger partial charge in [0.15, 0.2) is 0 Å². The van der Waals surface area contributed by atoms with Gasteiger partial charge in [0.25, 0.3) is 0 Å². The van der Waals surface area contributed by atoms with Gasteiger partial charge in [-0.05, 0) is 78.7 Å². The van der Waals surface area contributed by atoms with Crippen LogP contribution < -0.4 is 5.32 Å². The fraction of sp³-hybridized carbons (Fsp3) is 0.429.